The number of hydrazine groups is 1. The Hall–Kier alpha value is -3.04. The Bertz CT molecular complexity index is 1110. The van der Waals surface area contributed by atoms with Gasteiger partial charge in [0, 0.05) is 11.8 Å². The second kappa shape index (κ2) is 7.29. The number of amides is 1. The summed E-state index contributed by atoms with van der Waals surface area (Å²) in [6.45, 7) is 3.70. The predicted molar refractivity (Wildman–Crippen MR) is 97.2 cm³/mol. The van der Waals surface area contributed by atoms with Crippen LogP contribution in [0.3, 0.4) is 0 Å². The van der Waals surface area contributed by atoms with Crippen LogP contribution in [-0.2, 0) is 10.0 Å². The van der Waals surface area contributed by atoms with Crippen molar-refractivity contribution in [1.29, 1.82) is 0 Å². The minimum absolute atomic E-state index is 0.231. The summed E-state index contributed by atoms with van der Waals surface area (Å²) in [5.41, 5.74) is 4.74. The van der Waals surface area contributed by atoms with Crippen molar-refractivity contribution in [1.82, 2.24) is 20.0 Å². The van der Waals surface area contributed by atoms with E-state index in [0.717, 1.165) is 23.3 Å². The van der Waals surface area contributed by atoms with Crippen LogP contribution in [0.25, 0.3) is 5.69 Å². The Labute approximate surface area is 155 Å². The van der Waals surface area contributed by atoms with E-state index in [0.29, 0.717) is 5.69 Å². The van der Waals surface area contributed by atoms with E-state index in [1.165, 1.54) is 12.1 Å². The van der Waals surface area contributed by atoms with Crippen LogP contribution in [0.15, 0.2) is 59.8 Å². The SMILES string of the molecule is Cc1cc(C(=O)NNS(=O)(=O)c2ccccc2F)cc(-n2cc(C)cn2)c1. The van der Waals surface area contributed by atoms with E-state index in [4.69, 9.17) is 0 Å². The molecule has 0 radical (unpaired) electrons. The summed E-state index contributed by atoms with van der Waals surface area (Å²) < 4.78 is 39.6. The Balaban J connectivity index is 1.81. The number of aryl methyl sites for hydroxylation is 2. The van der Waals surface area contributed by atoms with Crippen LogP contribution in [0.2, 0.25) is 0 Å². The lowest BCUT2D eigenvalue weighted by molar-refractivity contribution is 0.0945. The fourth-order valence-corrected chi connectivity index (χ4v) is 3.40. The normalized spacial score (nSPS) is 11.4. The number of carbonyl (C=O) groups excluding carboxylic acids is 1. The average Bonchev–Trinajstić information content (AvgIpc) is 3.06. The summed E-state index contributed by atoms with van der Waals surface area (Å²) in [6, 6.07) is 9.91. The number of carbonyl (C=O) groups is 1. The van der Waals surface area contributed by atoms with Crippen molar-refractivity contribution >= 4 is 15.9 Å². The van der Waals surface area contributed by atoms with E-state index in [1.807, 2.05) is 17.8 Å². The van der Waals surface area contributed by atoms with Crippen LogP contribution in [0.1, 0.15) is 21.5 Å². The highest BCUT2D eigenvalue weighted by atomic mass is 32.2. The van der Waals surface area contributed by atoms with Gasteiger partial charge in [-0.15, -0.1) is 4.83 Å². The fraction of sp³-hybridized carbons (Fsp3) is 0.111. The molecule has 0 spiro atoms. The van der Waals surface area contributed by atoms with Gasteiger partial charge in [0.05, 0.1) is 11.9 Å². The molecule has 3 aromatic rings. The maximum atomic E-state index is 13.7. The predicted octanol–water partition coefficient (Wildman–Crippen LogP) is 2.25. The molecule has 0 unspecified atom stereocenters. The van der Waals surface area contributed by atoms with Gasteiger partial charge in [0.15, 0.2) is 0 Å². The van der Waals surface area contributed by atoms with Gasteiger partial charge in [-0.1, -0.05) is 12.1 Å². The zero-order valence-corrected chi connectivity index (χ0v) is 15.4. The maximum absolute atomic E-state index is 13.7. The number of halogens is 1. The largest absolute Gasteiger partial charge is 0.273 e. The molecule has 0 fully saturated rings. The molecule has 9 heteroatoms. The first-order valence-electron chi connectivity index (χ1n) is 7.96. The van der Waals surface area contributed by atoms with E-state index >= 15 is 0 Å². The Morgan fingerprint density at radius 1 is 1.11 bits per heavy atom. The zero-order chi connectivity index (χ0) is 19.6. The number of nitrogens with zero attached hydrogens (tertiary/aromatic N) is 2. The third-order valence-electron chi connectivity index (χ3n) is 3.73. The minimum atomic E-state index is -4.24. The number of hydrogen-bond acceptors (Lipinski definition) is 4. The highest BCUT2D eigenvalue weighted by Crippen LogP contribution is 2.15. The van der Waals surface area contributed by atoms with Gasteiger partial charge in [-0.05, 0) is 55.3 Å². The molecular weight excluding hydrogens is 371 g/mol. The number of nitrogens with one attached hydrogen (secondary N) is 2. The van der Waals surface area contributed by atoms with Gasteiger partial charge in [0.2, 0.25) is 0 Å². The Morgan fingerprint density at radius 3 is 2.52 bits per heavy atom. The van der Waals surface area contributed by atoms with Crippen LogP contribution in [0.5, 0.6) is 0 Å². The van der Waals surface area contributed by atoms with Gasteiger partial charge >= 0.3 is 0 Å². The second-order valence-electron chi connectivity index (χ2n) is 6.01. The molecular formula is C18H17FN4O3S. The molecule has 0 bridgehead atoms. The average molecular weight is 388 g/mol. The van der Waals surface area contributed by atoms with Gasteiger partial charge < -0.3 is 0 Å². The van der Waals surface area contributed by atoms with E-state index in [-0.39, 0.29) is 5.56 Å². The first kappa shape index (κ1) is 18.7. The monoisotopic (exact) mass is 388 g/mol. The van der Waals surface area contributed by atoms with Crippen molar-refractivity contribution in [3.05, 3.63) is 77.4 Å². The molecule has 1 heterocycles. The molecule has 0 aliphatic carbocycles. The highest BCUT2D eigenvalue weighted by Gasteiger charge is 2.19. The van der Waals surface area contributed by atoms with Crippen LogP contribution >= 0.6 is 0 Å². The molecule has 27 heavy (non-hydrogen) atoms. The number of hydrogen-bond donors (Lipinski definition) is 2. The standard InChI is InChI=1S/C18H17FN4O3S/c1-12-7-14(9-15(8-12)23-11-13(2)10-20-23)18(24)21-22-27(25,26)17-6-4-3-5-16(17)19/h3-11,22H,1-2H3,(H,21,24). The lowest BCUT2D eigenvalue weighted by atomic mass is 10.1. The number of benzene rings is 2. The van der Waals surface area contributed by atoms with Crippen LogP contribution in [0.4, 0.5) is 4.39 Å². The molecule has 7 nitrogen and oxygen atoms in total. The van der Waals surface area contributed by atoms with Crippen molar-refractivity contribution in [3.8, 4) is 5.69 Å². The number of aromatic nitrogens is 2. The summed E-state index contributed by atoms with van der Waals surface area (Å²) in [7, 11) is -4.24. The first-order chi connectivity index (χ1) is 12.8. The Morgan fingerprint density at radius 2 is 1.85 bits per heavy atom. The van der Waals surface area contributed by atoms with Crippen LogP contribution < -0.4 is 10.3 Å². The van der Waals surface area contributed by atoms with E-state index in [9.17, 15) is 17.6 Å². The quantitative estimate of drug-likeness (QED) is 0.656. The molecule has 0 atom stereocenters. The van der Waals surface area contributed by atoms with Crippen LogP contribution in [0, 0.1) is 19.7 Å². The third kappa shape index (κ3) is 4.21. The molecule has 0 saturated heterocycles. The van der Waals surface area contributed by atoms with Crippen molar-refractivity contribution in [3.63, 3.8) is 0 Å². The molecule has 2 aromatic carbocycles. The number of rotatable bonds is 5. The summed E-state index contributed by atoms with van der Waals surface area (Å²) in [5.74, 6) is -1.59. The lowest BCUT2D eigenvalue weighted by Gasteiger charge is -2.11. The summed E-state index contributed by atoms with van der Waals surface area (Å²) in [5, 5.41) is 4.19. The highest BCUT2D eigenvalue weighted by molar-refractivity contribution is 7.89. The molecule has 0 saturated carbocycles. The molecule has 0 aliphatic rings. The van der Waals surface area contributed by atoms with Crippen molar-refractivity contribution in [2.24, 2.45) is 0 Å². The zero-order valence-electron chi connectivity index (χ0n) is 14.6. The molecule has 2 N–H and O–H groups in total. The summed E-state index contributed by atoms with van der Waals surface area (Å²) >= 11 is 0. The molecule has 0 aliphatic heterocycles. The molecule has 1 aromatic heterocycles. The van der Waals surface area contributed by atoms with Gasteiger partial charge in [-0.3, -0.25) is 10.2 Å². The van der Waals surface area contributed by atoms with Crippen molar-refractivity contribution in [2.45, 2.75) is 18.7 Å². The van der Waals surface area contributed by atoms with E-state index in [1.54, 1.807) is 36.1 Å². The van der Waals surface area contributed by atoms with Crippen molar-refractivity contribution in [2.75, 3.05) is 0 Å². The van der Waals surface area contributed by atoms with Gasteiger partial charge in [-0.25, -0.2) is 17.5 Å². The summed E-state index contributed by atoms with van der Waals surface area (Å²) in [6.07, 6.45) is 3.49. The van der Waals surface area contributed by atoms with E-state index < -0.39 is 26.6 Å². The molecule has 3 rings (SSSR count). The summed E-state index contributed by atoms with van der Waals surface area (Å²) in [4.78, 5) is 13.7. The van der Waals surface area contributed by atoms with Gasteiger partial charge in [0.25, 0.3) is 15.9 Å². The number of sulfonamides is 1. The molecule has 140 valence electrons. The van der Waals surface area contributed by atoms with Gasteiger partial charge in [0.1, 0.15) is 10.7 Å². The first-order valence-corrected chi connectivity index (χ1v) is 9.44. The van der Waals surface area contributed by atoms with Crippen molar-refractivity contribution < 1.29 is 17.6 Å². The smallest absolute Gasteiger partial charge is 0.266 e. The fourth-order valence-electron chi connectivity index (χ4n) is 2.48. The second-order valence-corrected chi connectivity index (χ2v) is 7.66. The molecule has 1 amide bonds. The van der Waals surface area contributed by atoms with E-state index in [2.05, 4.69) is 10.5 Å². The third-order valence-corrected chi connectivity index (χ3v) is 5.01. The maximum Gasteiger partial charge on any atom is 0.266 e. The topological polar surface area (TPSA) is 93.1 Å². The lowest BCUT2D eigenvalue weighted by Crippen LogP contribution is -2.41. The van der Waals surface area contributed by atoms with Crippen LogP contribution in [-0.4, -0.2) is 24.1 Å². The Kier molecular flexibility index (Phi) is 5.06. The minimum Gasteiger partial charge on any atom is -0.273 e. The van der Waals surface area contributed by atoms with Gasteiger partial charge in [-0.2, -0.15) is 5.10 Å².